The molecule has 188 valence electrons. The summed E-state index contributed by atoms with van der Waals surface area (Å²) in [6.45, 7) is 7.97. The summed E-state index contributed by atoms with van der Waals surface area (Å²) in [5.74, 6) is 0. The third-order valence-electron chi connectivity index (χ3n) is 5.11. The SMILES string of the molecule is CC(C)(C)c1[nH]cnc1C=c1[nH]c(=O)c(=Cc2ccccc2)[nH]c1=O.Cc1ccc(S(=O)(=O)O)cc1. The van der Waals surface area contributed by atoms with E-state index < -0.39 is 10.1 Å². The van der Waals surface area contributed by atoms with E-state index in [-0.39, 0.29) is 32.1 Å². The molecular formula is C26H28N4O5S. The molecule has 0 unspecified atom stereocenters. The second-order valence-electron chi connectivity index (χ2n) is 9.14. The molecule has 10 heteroatoms. The molecule has 9 nitrogen and oxygen atoms in total. The van der Waals surface area contributed by atoms with E-state index in [9.17, 15) is 18.0 Å². The molecule has 2 heterocycles. The monoisotopic (exact) mass is 508 g/mol. The van der Waals surface area contributed by atoms with Crippen LogP contribution < -0.4 is 21.8 Å². The molecule has 0 atom stereocenters. The number of aryl methyl sites for hydroxylation is 1. The molecule has 4 N–H and O–H groups in total. The van der Waals surface area contributed by atoms with Crippen LogP contribution in [0.4, 0.5) is 0 Å². The molecule has 0 saturated heterocycles. The highest BCUT2D eigenvalue weighted by atomic mass is 32.2. The van der Waals surface area contributed by atoms with Crippen LogP contribution in [0.25, 0.3) is 12.2 Å². The van der Waals surface area contributed by atoms with Gasteiger partial charge in [-0.3, -0.25) is 14.1 Å². The van der Waals surface area contributed by atoms with E-state index in [0.29, 0.717) is 5.69 Å². The predicted octanol–water partition coefficient (Wildman–Crippen LogP) is 1.98. The minimum Gasteiger partial charge on any atom is -0.348 e. The van der Waals surface area contributed by atoms with Crippen LogP contribution >= 0.6 is 0 Å². The number of nitrogens with one attached hydrogen (secondary N) is 3. The first-order valence-corrected chi connectivity index (χ1v) is 12.5. The van der Waals surface area contributed by atoms with Crippen molar-refractivity contribution in [3.63, 3.8) is 0 Å². The van der Waals surface area contributed by atoms with Crippen LogP contribution in [0.15, 0.2) is 75.4 Å². The third kappa shape index (κ3) is 7.00. The number of H-pyrrole nitrogens is 3. The van der Waals surface area contributed by atoms with Crippen molar-refractivity contribution in [1.82, 2.24) is 19.9 Å². The fourth-order valence-corrected chi connectivity index (χ4v) is 3.75. The number of aromatic amines is 3. The van der Waals surface area contributed by atoms with E-state index in [2.05, 4.69) is 19.9 Å². The van der Waals surface area contributed by atoms with Gasteiger partial charge in [0.05, 0.1) is 16.9 Å². The minimum absolute atomic E-state index is 0.0666. The van der Waals surface area contributed by atoms with Gasteiger partial charge in [0.15, 0.2) is 0 Å². The zero-order valence-corrected chi connectivity index (χ0v) is 21.2. The fourth-order valence-electron chi connectivity index (χ4n) is 3.27. The summed E-state index contributed by atoms with van der Waals surface area (Å²) in [4.78, 5) is 37.2. The first kappa shape index (κ1) is 26.6. The molecule has 2 aromatic carbocycles. The Morgan fingerprint density at radius 1 is 0.861 bits per heavy atom. The second kappa shape index (κ2) is 10.7. The van der Waals surface area contributed by atoms with Crippen molar-refractivity contribution >= 4 is 22.3 Å². The Kier molecular flexibility index (Phi) is 7.91. The highest BCUT2D eigenvalue weighted by Crippen LogP contribution is 2.22. The molecule has 0 amide bonds. The van der Waals surface area contributed by atoms with E-state index in [1.807, 2.05) is 58.0 Å². The molecule has 0 aliphatic rings. The molecule has 0 saturated carbocycles. The van der Waals surface area contributed by atoms with Crippen molar-refractivity contribution in [3.8, 4) is 0 Å². The topological polar surface area (TPSA) is 149 Å². The lowest BCUT2D eigenvalue weighted by atomic mass is 9.90. The summed E-state index contributed by atoms with van der Waals surface area (Å²) in [7, 11) is -4.02. The molecule has 4 rings (SSSR count). The number of aromatic nitrogens is 4. The lowest BCUT2D eigenvalue weighted by molar-refractivity contribution is 0.483. The molecule has 36 heavy (non-hydrogen) atoms. The van der Waals surface area contributed by atoms with Crippen molar-refractivity contribution < 1.29 is 13.0 Å². The fraction of sp³-hybridized carbons (Fsp3) is 0.192. The molecule has 0 fully saturated rings. The molecule has 4 aromatic rings. The first-order valence-electron chi connectivity index (χ1n) is 11.0. The van der Waals surface area contributed by atoms with Crippen molar-refractivity contribution in [2.24, 2.45) is 0 Å². The van der Waals surface area contributed by atoms with Gasteiger partial charge in [0, 0.05) is 11.1 Å². The molecule has 0 spiro atoms. The molecule has 0 radical (unpaired) electrons. The van der Waals surface area contributed by atoms with Crippen LogP contribution in [-0.4, -0.2) is 32.9 Å². The Morgan fingerprint density at radius 3 is 1.94 bits per heavy atom. The maximum Gasteiger partial charge on any atom is 0.294 e. The lowest BCUT2D eigenvalue weighted by Crippen LogP contribution is -2.46. The van der Waals surface area contributed by atoms with Gasteiger partial charge in [-0.1, -0.05) is 68.8 Å². The summed E-state index contributed by atoms with van der Waals surface area (Å²) < 4.78 is 29.6. The van der Waals surface area contributed by atoms with Crippen LogP contribution in [0.1, 0.15) is 43.3 Å². The Labute approximate surface area is 208 Å². The van der Waals surface area contributed by atoms with Crippen LogP contribution in [0.3, 0.4) is 0 Å². The normalized spacial score (nSPS) is 12.8. The average Bonchev–Trinajstić information content (AvgIpc) is 3.27. The molecule has 0 aliphatic heterocycles. The van der Waals surface area contributed by atoms with Crippen molar-refractivity contribution in [1.29, 1.82) is 0 Å². The van der Waals surface area contributed by atoms with E-state index in [4.69, 9.17) is 4.55 Å². The van der Waals surface area contributed by atoms with Crippen molar-refractivity contribution in [3.05, 3.63) is 115 Å². The standard InChI is InChI=1S/C19H20N4O2.C7H8O3S/c1-19(2,3)16-13(20-11-21-16)10-15-18(25)22-14(17(24)23-15)9-12-7-5-4-6-8-12;1-6-2-4-7(5-3-6)11(8,9)10/h4-11H,1-3H3,(H,20,21)(H,22,25)(H,23,24);2-5H,1H3,(H,8,9,10). The van der Waals surface area contributed by atoms with Crippen LogP contribution in [0.2, 0.25) is 0 Å². The average molecular weight is 509 g/mol. The molecule has 0 aliphatic carbocycles. The third-order valence-corrected chi connectivity index (χ3v) is 5.98. The Bertz CT molecular complexity index is 1680. The Morgan fingerprint density at radius 2 is 1.42 bits per heavy atom. The Balaban J connectivity index is 0.000000275. The van der Waals surface area contributed by atoms with Gasteiger partial charge < -0.3 is 15.0 Å². The summed E-state index contributed by atoms with van der Waals surface area (Å²) in [5.41, 5.74) is 2.43. The van der Waals surface area contributed by atoms with Crippen LogP contribution in [0.5, 0.6) is 0 Å². The lowest BCUT2D eigenvalue weighted by Gasteiger charge is -2.16. The summed E-state index contributed by atoms with van der Waals surface area (Å²) >= 11 is 0. The molecule has 0 bridgehead atoms. The van der Waals surface area contributed by atoms with Crippen LogP contribution in [0, 0.1) is 6.92 Å². The zero-order chi connectivity index (χ0) is 26.5. The van der Waals surface area contributed by atoms with E-state index in [0.717, 1.165) is 16.8 Å². The van der Waals surface area contributed by atoms with E-state index >= 15 is 0 Å². The Hall–Kier alpha value is -4.02. The number of hydrogen-bond acceptors (Lipinski definition) is 5. The van der Waals surface area contributed by atoms with Gasteiger partial charge in [-0.25, -0.2) is 4.98 Å². The van der Waals surface area contributed by atoms with Gasteiger partial charge >= 0.3 is 0 Å². The number of hydrogen-bond donors (Lipinski definition) is 4. The van der Waals surface area contributed by atoms with Gasteiger partial charge in [-0.15, -0.1) is 0 Å². The predicted molar refractivity (Wildman–Crippen MR) is 139 cm³/mol. The summed E-state index contributed by atoms with van der Waals surface area (Å²) in [6, 6.07) is 15.3. The van der Waals surface area contributed by atoms with E-state index in [1.165, 1.54) is 12.1 Å². The highest BCUT2D eigenvalue weighted by Gasteiger charge is 2.19. The maximum atomic E-state index is 12.4. The van der Waals surface area contributed by atoms with Gasteiger partial charge in [-0.2, -0.15) is 8.42 Å². The smallest absolute Gasteiger partial charge is 0.294 e. The second-order valence-corrected chi connectivity index (χ2v) is 10.6. The van der Waals surface area contributed by atoms with Gasteiger partial charge in [0.2, 0.25) is 0 Å². The number of rotatable bonds is 3. The quantitative estimate of drug-likeness (QED) is 0.311. The van der Waals surface area contributed by atoms with Crippen molar-refractivity contribution in [2.75, 3.05) is 0 Å². The summed E-state index contributed by atoms with van der Waals surface area (Å²) in [6.07, 6.45) is 4.80. The summed E-state index contributed by atoms with van der Waals surface area (Å²) in [5, 5.41) is 0.388. The van der Waals surface area contributed by atoms with Gasteiger partial charge in [0.25, 0.3) is 21.2 Å². The van der Waals surface area contributed by atoms with E-state index in [1.54, 1.807) is 30.6 Å². The molecular weight excluding hydrogens is 480 g/mol. The van der Waals surface area contributed by atoms with Crippen molar-refractivity contribution in [2.45, 2.75) is 38.0 Å². The van der Waals surface area contributed by atoms with Crippen LogP contribution in [-0.2, 0) is 15.5 Å². The first-order chi connectivity index (χ1) is 16.8. The highest BCUT2D eigenvalue weighted by molar-refractivity contribution is 7.85. The number of benzene rings is 2. The van der Waals surface area contributed by atoms with Gasteiger partial charge in [-0.05, 0) is 36.8 Å². The number of nitrogens with zero attached hydrogens (tertiary/aromatic N) is 1. The largest absolute Gasteiger partial charge is 0.348 e. The molecule has 2 aromatic heterocycles. The number of imidazole rings is 1. The zero-order valence-electron chi connectivity index (χ0n) is 20.4. The minimum atomic E-state index is -4.02. The van der Waals surface area contributed by atoms with Gasteiger partial charge in [0.1, 0.15) is 10.7 Å². The maximum absolute atomic E-state index is 12.4.